The van der Waals surface area contributed by atoms with Crippen LogP contribution >= 0.6 is 0 Å². The molecule has 1 aromatic heterocycles. The van der Waals surface area contributed by atoms with E-state index in [1.807, 2.05) is 23.6 Å². The Bertz CT molecular complexity index is 732. The van der Waals surface area contributed by atoms with Crippen molar-refractivity contribution >= 4 is 11.8 Å². The van der Waals surface area contributed by atoms with Gasteiger partial charge in [0.2, 0.25) is 5.91 Å². The summed E-state index contributed by atoms with van der Waals surface area (Å²) in [5.74, 6) is -0.0162. The Balaban J connectivity index is 1.58. The highest BCUT2D eigenvalue weighted by molar-refractivity contribution is 5.94. The minimum Gasteiger partial charge on any atom is -0.342 e. The van der Waals surface area contributed by atoms with E-state index in [1.54, 1.807) is 6.20 Å². The summed E-state index contributed by atoms with van der Waals surface area (Å²) in [6, 6.07) is -0.0214. The number of aromatic nitrogens is 2. The Labute approximate surface area is 159 Å². The predicted octanol–water partition coefficient (Wildman–Crippen LogP) is 2.52. The number of amides is 2. The van der Waals surface area contributed by atoms with Gasteiger partial charge in [-0.1, -0.05) is 6.92 Å². The zero-order valence-corrected chi connectivity index (χ0v) is 16.0. The molecule has 0 aliphatic carbocycles. The van der Waals surface area contributed by atoms with E-state index < -0.39 is 11.6 Å². The van der Waals surface area contributed by atoms with E-state index in [4.69, 9.17) is 0 Å². The number of halogens is 1. The summed E-state index contributed by atoms with van der Waals surface area (Å²) in [7, 11) is 0. The molecule has 6 nitrogen and oxygen atoms in total. The smallest absolute Gasteiger partial charge is 0.274 e. The van der Waals surface area contributed by atoms with E-state index in [0.717, 1.165) is 18.5 Å². The topological polar surface area (TPSA) is 66.4 Å². The van der Waals surface area contributed by atoms with Crippen LogP contribution in [0.2, 0.25) is 0 Å². The Morgan fingerprint density at radius 3 is 2.56 bits per heavy atom. The second kappa shape index (κ2) is 6.84. The summed E-state index contributed by atoms with van der Waals surface area (Å²) >= 11 is 0. The molecule has 0 unspecified atom stereocenters. The van der Waals surface area contributed by atoms with Gasteiger partial charge in [0.1, 0.15) is 11.9 Å². The van der Waals surface area contributed by atoms with E-state index in [-0.39, 0.29) is 23.9 Å². The first kappa shape index (κ1) is 18.3. The highest BCUT2D eigenvalue weighted by Crippen LogP contribution is 2.53. The van der Waals surface area contributed by atoms with Gasteiger partial charge in [0.25, 0.3) is 5.91 Å². The fourth-order valence-electron chi connectivity index (χ4n) is 5.25. The highest BCUT2D eigenvalue weighted by atomic mass is 19.1. The first-order valence-corrected chi connectivity index (χ1v) is 10.0. The van der Waals surface area contributed by atoms with E-state index in [9.17, 15) is 14.0 Å². The zero-order chi connectivity index (χ0) is 19.2. The standard InChI is InChI=1S/C20H27FN4O2/c1-3-20(19(27)24-8-6-14(21)7-9-24)10-15-4-5-17(20)25(15)18(26)16-12-22-13(2)11-23-16/h11-12,14-15,17H,3-10H2,1-2H3/t15-,17+,20+/m0/s1. The van der Waals surface area contributed by atoms with Crippen LogP contribution in [0.3, 0.4) is 0 Å². The van der Waals surface area contributed by atoms with Crippen LogP contribution in [-0.2, 0) is 4.79 Å². The normalized spacial score (nSPS) is 30.8. The second-order valence-electron chi connectivity index (χ2n) is 8.18. The van der Waals surface area contributed by atoms with Crippen LogP contribution in [0.25, 0.3) is 0 Å². The van der Waals surface area contributed by atoms with Crippen molar-refractivity contribution in [1.29, 1.82) is 0 Å². The van der Waals surface area contributed by atoms with Crippen molar-refractivity contribution in [3.05, 3.63) is 23.8 Å². The molecule has 27 heavy (non-hydrogen) atoms. The lowest BCUT2D eigenvalue weighted by molar-refractivity contribution is -0.145. The summed E-state index contributed by atoms with van der Waals surface area (Å²) in [6.45, 7) is 4.84. The van der Waals surface area contributed by atoms with Crippen LogP contribution in [0.1, 0.15) is 61.6 Å². The predicted molar refractivity (Wildman–Crippen MR) is 97.8 cm³/mol. The molecule has 0 radical (unpaired) electrons. The van der Waals surface area contributed by atoms with Crippen LogP contribution in [0.4, 0.5) is 4.39 Å². The third-order valence-electron chi connectivity index (χ3n) is 6.74. The molecule has 3 saturated heterocycles. The van der Waals surface area contributed by atoms with Crippen molar-refractivity contribution in [3.63, 3.8) is 0 Å². The third-order valence-corrected chi connectivity index (χ3v) is 6.74. The van der Waals surface area contributed by atoms with Crippen molar-refractivity contribution in [2.75, 3.05) is 13.1 Å². The summed E-state index contributed by atoms with van der Waals surface area (Å²) in [5, 5.41) is 0. The van der Waals surface area contributed by atoms with Gasteiger partial charge in [-0.3, -0.25) is 14.6 Å². The minimum atomic E-state index is -0.801. The van der Waals surface area contributed by atoms with Crippen molar-refractivity contribution < 1.29 is 14.0 Å². The molecular weight excluding hydrogens is 347 g/mol. The van der Waals surface area contributed by atoms with Crippen LogP contribution in [0, 0.1) is 12.3 Å². The average molecular weight is 374 g/mol. The van der Waals surface area contributed by atoms with Gasteiger partial charge in [-0.05, 0) is 45.4 Å². The molecule has 0 aromatic carbocycles. The van der Waals surface area contributed by atoms with Crippen molar-refractivity contribution in [1.82, 2.24) is 19.8 Å². The molecule has 0 saturated carbocycles. The number of aryl methyl sites for hydroxylation is 1. The van der Waals surface area contributed by atoms with Gasteiger partial charge in [0, 0.05) is 31.4 Å². The first-order chi connectivity index (χ1) is 13.0. The molecule has 4 heterocycles. The molecule has 1 aromatic rings. The second-order valence-corrected chi connectivity index (χ2v) is 8.18. The molecule has 3 fully saturated rings. The number of fused-ring (bicyclic) bond motifs is 2. The van der Waals surface area contributed by atoms with Crippen LogP contribution < -0.4 is 0 Å². The van der Waals surface area contributed by atoms with Crippen LogP contribution in [0.15, 0.2) is 12.4 Å². The third kappa shape index (κ3) is 2.91. The Morgan fingerprint density at radius 1 is 1.19 bits per heavy atom. The fourth-order valence-corrected chi connectivity index (χ4v) is 5.25. The summed E-state index contributed by atoms with van der Waals surface area (Å²) < 4.78 is 13.5. The molecule has 2 bridgehead atoms. The molecule has 7 heteroatoms. The number of carbonyl (C=O) groups excluding carboxylic acids is 2. The summed E-state index contributed by atoms with van der Waals surface area (Å²) in [4.78, 5) is 38.7. The van der Waals surface area contributed by atoms with E-state index in [0.29, 0.717) is 44.5 Å². The molecule has 4 rings (SSSR count). The van der Waals surface area contributed by atoms with E-state index in [1.165, 1.54) is 6.20 Å². The van der Waals surface area contributed by atoms with Gasteiger partial charge < -0.3 is 9.80 Å². The molecule has 0 N–H and O–H groups in total. The molecule has 3 aliphatic heterocycles. The van der Waals surface area contributed by atoms with Crippen molar-refractivity contribution in [3.8, 4) is 0 Å². The van der Waals surface area contributed by atoms with Crippen LogP contribution in [-0.4, -0.2) is 62.9 Å². The van der Waals surface area contributed by atoms with Crippen molar-refractivity contribution in [2.24, 2.45) is 5.41 Å². The SMILES string of the molecule is CC[C@@]1(C(=O)N2CCC(F)CC2)C[C@@H]2CC[C@H]1N2C(=O)c1cnc(C)cn1. The maximum Gasteiger partial charge on any atom is 0.274 e. The summed E-state index contributed by atoms with van der Waals surface area (Å²) in [5.41, 5.74) is 0.570. The number of nitrogens with zero attached hydrogens (tertiary/aromatic N) is 4. The van der Waals surface area contributed by atoms with Crippen LogP contribution in [0.5, 0.6) is 0 Å². The Morgan fingerprint density at radius 2 is 1.93 bits per heavy atom. The number of carbonyl (C=O) groups is 2. The lowest BCUT2D eigenvalue weighted by Crippen LogP contribution is -2.53. The number of alkyl halides is 1. The molecule has 2 amide bonds. The van der Waals surface area contributed by atoms with Gasteiger partial charge in [0.05, 0.1) is 17.3 Å². The summed E-state index contributed by atoms with van der Waals surface area (Å²) in [6.07, 6.45) is 6.33. The number of hydrogen-bond donors (Lipinski definition) is 0. The Kier molecular flexibility index (Phi) is 4.64. The lowest BCUT2D eigenvalue weighted by atomic mass is 9.70. The maximum absolute atomic E-state index is 13.5. The Hall–Kier alpha value is -2.05. The maximum atomic E-state index is 13.5. The lowest BCUT2D eigenvalue weighted by Gasteiger charge is -2.41. The molecule has 3 atom stereocenters. The first-order valence-electron chi connectivity index (χ1n) is 10.0. The average Bonchev–Trinajstić information content (AvgIpc) is 3.24. The van der Waals surface area contributed by atoms with Gasteiger partial charge in [-0.2, -0.15) is 0 Å². The van der Waals surface area contributed by atoms with Gasteiger partial charge >= 0.3 is 0 Å². The largest absolute Gasteiger partial charge is 0.342 e. The van der Waals surface area contributed by atoms with Crippen molar-refractivity contribution in [2.45, 2.75) is 70.6 Å². The molecule has 3 aliphatic rings. The minimum absolute atomic E-state index is 0.0771. The number of rotatable bonds is 3. The van der Waals surface area contributed by atoms with Gasteiger partial charge in [-0.25, -0.2) is 9.37 Å². The monoisotopic (exact) mass is 374 g/mol. The van der Waals surface area contributed by atoms with Gasteiger partial charge in [-0.15, -0.1) is 0 Å². The van der Waals surface area contributed by atoms with Gasteiger partial charge in [0.15, 0.2) is 0 Å². The van der Waals surface area contributed by atoms with E-state index >= 15 is 0 Å². The number of likely N-dealkylation sites (tertiary alicyclic amines) is 1. The quantitative estimate of drug-likeness (QED) is 0.815. The molecule has 146 valence electrons. The number of piperidine rings is 1. The number of hydrogen-bond acceptors (Lipinski definition) is 4. The highest BCUT2D eigenvalue weighted by Gasteiger charge is 2.61. The molecular formula is C20H27FN4O2. The fraction of sp³-hybridized carbons (Fsp3) is 0.700. The zero-order valence-electron chi connectivity index (χ0n) is 16.0. The molecule has 0 spiro atoms. The van der Waals surface area contributed by atoms with E-state index in [2.05, 4.69) is 9.97 Å².